The molecule has 0 bridgehead atoms. The van der Waals surface area contributed by atoms with E-state index in [1.165, 1.54) is 0 Å². The summed E-state index contributed by atoms with van der Waals surface area (Å²) in [5.41, 5.74) is 1.44. The molecule has 21 heavy (non-hydrogen) atoms. The van der Waals surface area contributed by atoms with Crippen LogP contribution in [-0.2, 0) is 0 Å². The summed E-state index contributed by atoms with van der Waals surface area (Å²) in [7, 11) is 0. The maximum atomic E-state index is 12.3. The normalized spacial score (nSPS) is 20.5. The third-order valence-electron chi connectivity index (χ3n) is 3.94. The lowest BCUT2D eigenvalue weighted by molar-refractivity contribution is -0.787. The summed E-state index contributed by atoms with van der Waals surface area (Å²) < 4.78 is 0. The Bertz CT molecular complexity index is 551. The van der Waals surface area contributed by atoms with E-state index in [9.17, 15) is 4.79 Å². The molecule has 2 rings (SSSR count). The summed E-state index contributed by atoms with van der Waals surface area (Å²) in [6, 6.07) is 9.01. The third kappa shape index (κ3) is 4.05. The fourth-order valence-corrected chi connectivity index (χ4v) is 3.58. The van der Waals surface area contributed by atoms with E-state index in [1.807, 2.05) is 0 Å². The van der Waals surface area contributed by atoms with Gasteiger partial charge in [0.25, 0.3) is 5.91 Å². The second kappa shape index (κ2) is 5.50. The van der Waals surface area contributed by atoms with Gasteiger partial charge in [-0.15, -0.1) is 0 Å². The van der Waals surface area contributed by atoms with Crippen molar-refractivity contribution in [2.24, 2.45) is 0 Å². The summed E-state index contributed by atoms with van der Waals surface area (Å²) in [6.45, 7) is 8.87. The van der Waals surface area contributed by atoms with Gasteiger partial charge in [0.05, 0.1) is 22.7 Å². The number of quaternary nitrogens is 1. The molecule has 1 heterocycles. The molecule has 1 aliphatic heterocycles. The number of hydrogen-bond donors (Lipinski definition) is 2. The number of carbonyl (C=O) groups excluding carboxylic acids is 1. The predicted octanol–water partition coefficient (Wildman–Crippen LogP) is 1.57. The van der Waals surface area contributed by atoms with Crippen LogP contribution in [0.1, 0.15) is 56.5 Å². The maximum absolute atomic E-state index is 12.3. The topological polar surface area (TPSA) is 69.5 Å². The molecule has 1 aliphatic rings. The first-order valence-corrected chi connectivity index (χ1v) is 7.39. The Morgan fingerprint density at radius 3 is 2.19 bits per heavy atom. The number of carbonyl (C=O) groups is 1. The van der Waals surface area contributed by atoms with Crippen LogP contribution in [0.2, 0.25) is 0 Å². The molecule has 0 atom stereocenters. The fraction of sp³-hybridized carbons (Fsp3) is 0.529. The smallest absolute Gasteiger partial charge is 0.251 e. The lowest BCUT2D eigenvalue weighted by atomic mass is 9.79. The SMILES string of the molecule is CC1(C)CC(NC(=O)c2ccc(C#N)cc2)CC(C)(C)[NH2+]1. The minimum absolute atomic E-state index is 0.0574. The van der Waals surface area contributed by atoms with Crippen LogP contribution in [0.15, 0.2) is 24.3 Å². The average molecular weight is 286 g/mol. The molecule has 1 aromatic carbocycles. The number of nitrogens with one attached hydrogen (secondary N) is 1. The van der Waals surface area contributed by atoms with E-state index in [1.54, 1.807) is 24.3 Å². The van der Waals surface area contributed by atoms with Gasteiger partial charge in [-0.25, -0.2) is 0 Å². The number of rotatable bonds is 2. The van der Waals surface area contributed by atoms with Gasteiger partial charge in [0.15, 0.2) is 0 Å². The number of piperidine rings is 1. The van der Waals surface area contributed by atoms with Crippen LogP contribution >= 0.6 is 0 Å². The molecule has 0 unspecified atom stereocenters. The zero-order valence-corrected chi connectivity index (χ0v) is 13.2. The second-order valence-electron chi connectivity index (χ2n) is 7.39. The molecule has 1 fully saturated rings. The van der Waals surface area contributed by atoms with E-state index in [4.69, 9.17) is 5.26 Å². The minimum atomic E-state index is -0.0574. The van der Waals surface area contributed by atoms with Crippen molar-refractivity contribution in [1.82, 2.24) is 5.32 Å². The van der Waals surface area contributed by atoms with Crippen molar-refractivity contribution in [2.75, 3.05) is 0 Å². The maximum Gasteiger partial charge on any atom is 0.251 e. The van der Waals surface area contributed by atoms with E-state index in [-0.39, 0.29) is 23.0 Å². The van der Waals surface area contributed by atoms with Crippen LogP contribution in [0, 0.1) is 11.3 Å². The van der Waals surface area contributed by atoms with Gasteiger partial charge in [-0.1, -0.05) is 0 Å². The van der Waals surface area contributed by atoms with Crippen molar-refractivity contribution in [3.05, 3.63) is 35.4 Å². The van der Waals surface area contributed by atoms with Crippen molar-refractivity contribution in [3.63, 3.8) is 0 Å². The first-order chi connectivity index (χ1) is 9.71. The molecule has 0 aliphatic carbocycles. The number of nitrogens with two attached hydrogens (primary N) is 1. The van der Waals surface area contributed by atoms with Crippen molar-refractivity contribution in [1.29, 1.82) is 5.26 Å². The van der Waals surface area contributed by atoms with Crippen LogP contribution in [0.25, 0.3) is 0 Å². The monoisotopic (exact) mass is 286 g/mol. The molecule has 3 N–H and O–H groups in total. The molecule has 4 nitrogen and oxygen atoms in total. The number of nitriles is 1. The number of hydrogen-bond acceptors (Lipinski definition) is 2. The first-order valence-electron chi connectivity index (χ1n) is 7.39. The van der Waals surface area contributed by atoms with E-state index in [0.717, 1.165) is 12.8 Å². The molecule has 0 spiro atoms. The summed E-state index contributed by atoms with van der Waals surface area (Å²) in [4.78, 5) is 12.3. The molecule has 4 heteroatoms. The Kier molecular flexibility index (Phi) is 4.06. The van der Waals surface area contributed by atoms with Gasteiger partial charge in [0.1, 0.15) is 0 Å². The Labute approximate surface area is 126 Å². The fourth-order valence-electron chi connectivity index (χ4n) is 3.58. The summed E-state index contributed by atoms with van der Waals surface area (Å²) in [6.07, 6.45) is 1.91. The van der Waals surface area contributed by atoms with Gasteiger partial charge in [0, 0.05) is 24.4 Å². The van der Waals surface area contributed by atoms with E-state index in [2.05, 4.69) is 44.4 Å². The van der Waals surface area contributed by atoms with E-state index in [0.29, 0.717) is 11.1 Å². The first kappa shape index (κ1) is 15.5. The van der Waals surface area contributed by atoms with E-state index < -0.39 is 0 Å². The zero-order chi connectivity index (χ0) is 15.7. The lowest BCUT2D eigenvalue weighted by Gasteiger charge is -2.43. The lowest BCUT2D eigenvalue weighted by Crippen LogP contribution is -3.06. The molecule has 112 valence electrons. The summed E-state index contributed by atoms with van der Waals surface area (Å²) in [5.74, 6) is -0.0574. The molecule has 0 radical (unpaired) electrons. The van der Waals surface area contributed by atoms with Crippen LogP contribution in [0.4, 0.5) is 0 Å². The van der Waals surface area contributed by atoms with Gasteiger partial charge in [0.2, 0.25) is 0 Å². The van der Waals surface area contributed by atoms with Crippen molar-refractivity contribution in [2.45, 2.75) is 57.7 Å². The minimum Gasteiger partial charge on any atom is -0.349 e. The zero-order valence-electron chi connectivity index (χ0n) is 13.2. The van der Waals surface area contributed by atoms with Gasteiger partial charge in [-0.05, 0) is 52.0 Å². The van der Waals surface area contributed by atoms with Gasteiger partial charge >= 0.3 is 0 Å². The highest BCUT2D eigenvalue weighted by Crippen LogP contribution is 2.22. The Balaban J connectivity index is 2.06. The highest BCUT2D eigenvalue weighted by Gasteiger charge is 2.42. The van der Waals surface area contributed by atoms with Crippen LogP contribution < -0.4 is 10.6 Å². The number of amides is 1. The predicted molar refractivity (Wildman–Crippen MR) is 81.7 cm³/mol. The Morgan fingerprint density at radius 2 is 1.71 bits per heavy atom. The van der Waals surface area contributed by atoms with Gasteiger partial charge in [-0.3, -0.25) is 4.79 Å². The summed E-state index contributed by atoms with van der Waals surface area (Å²) in [5, 5.41) is 14.3. The average Bonchev–Trinajstić information content (AvgIpc) is 2.35. The highest BCUT2D eigenvalue weighted by atomic mass is 16.1. The van der Waals surface area contributed by atoms with Gasteiger partial charge in [-0.2, -0.15) is 5.26 Å². The molecule has 1 amide bonds. The van der Waals surface area contributed by atoms with Gasteiger partial charge < -0.3 is 10.6 Å². The van der Waals surface area contributed by atoms with Crippen LogP contribution in [0.5, 0.6) is 0 Å². The van der Waals surface area contributed by atoms with Crippen molar-refractivity contribution in [3.8, 4) is 6.07 Å². The third-order valence-corrected chi connectivity index (χ3v) is 3.94. The molecular formula is C17H24N3O+. The molecule has 1 saturated heterocycles. The van der Waals surface area contributed by atoms with Crippen LogP contribution in [-0.4, -0.2) is 23.0 Å². The Hall–Kier alpha value is -1.86. The number of benzene rings is 1. The standard InChI is InChI=1S/C17H23N3O/c1-16(2)9-14(10-17(3,4)20-16)19-15(21)13-7-5-12(11-18)6-8-13/h5-8,14,20H,9-10H2,1-4H3,(H,19,21)/p+1. The van der Waals surface area contributed by atoms with E-state index >= 15 is 0 Å². The highest BCUT2D eigenvalue weighted by molar-refractivity contribution is 5.94. The van der Waals surface area contributed by atoms with Crippen molar-refractivity contribution >= 4 is 5.91 Å². The largest absolute Gasteiger partial charge is 0.349 e. The Morgan fingerprint density at radius 1 is 1.19 bits per heavy atom. The van der Waals surface area contributed by atoms with Crippen LogP contribution in [0.3, 0.4) is 0 Å². The number of nitrogens with zero attached hydrogens (tertiary/aromatic N) is 1. The second-order valence-corrected chi connectivity index (χ2v) is 7.39. The molecular weight excluding hydrogens is 262 g/mol. The molecule has 0 aromatic heterocycles. The molecule has 0 saturated carbocycles. The van der Waals surface area contributed by atoms with Crippen molar-refractivity contribution < 1.29 is 10.1 Å². The summed E-state index contributed by atoms with van der Waals surface area (Å²) >= 11 is 0. The molecule has 1 aromatic rings. The quantitative estimate of drug-likeness (QED) is 0.866.